The molecule has 0 saturated carbocycles. The van der Waals surface area contributed by atoms with E-state index in [9.17, 15) is 14.4 Å². The molecule has 0 aliphatic heterocycles. The highest BCUT2D eigenvalue weighted by Crippen LogP contribution is 2.16. The van der Waals surface area contributed by atoms with Crippen molar-refractivity contribution >= 4 is 17.9 Å². The number of ether oxygens (including phenoxy) is 3. The molecule has 0 rings (SSSR count). The minimum Gasteiger partial charge on any atom is -0.462 e. The number of rotatable bonds is 39. The minimum atomic E-state index is -0.757. The van der Waals surface area contributed by atoms with Gasteiger partial charge in [-0.3, -0.25) is 14.4 Å². The third-order valence-electron chi connectivity index (χ3n) is 9.79. The van der Waals surface area contributed by atoms with E-state index < -0.39 is 6.10 Å². The first kappa shape index (κ1) is 48.4. The van der Waals surface area contributed by atoms with Crippen molar-refractivity contribution in [3.63, 3.8) is 0 Å². The van der Waals surface area contributed by atoms with E-state index in [1.807, 2.05) is 0 Å². The lowest BCUT2D eigenvalue weighted by Gasteiger charge is -2.18. The molecule has 0 heterocycles. The molecule has 0 spiro atoms. The van der Waals surface area contributed by atoms with Crippen LogP contribution in [0.3, 0.4) is 0 Å². The molecule has 0 fully saturated rings. The van der Waals surface area contributed by atoms with Crippen LogP contribution in [-0.2, 0) is 28.6 Å². The molecule has 0 bridgehead atoms. The summed E-state index contributed by atoms with van der Waals surface area (Å²) in [6, 6.07) is 0. The molecule has 50 heavy (non-hydrogen) atoms. The van der Waals surface area contributed by atoms with Crippen molar-refractivity contribution in [3.05, 3.63) is 0 Å². The lowest BCUT2D eigenvalue weighted by atomic mass is 10.0. The van der Waals surface area contributed by atoms with Crippen LogP contribution in [0.25, 0.3) is 0 Å². The Labute approximate surface area is 310 Å². The van der Waals surface area contributed by atoms with Gasteiger partial charge >= 0.3 is 17.9 Å². The molecule has 0 amide bonds. The molecule has 0 aromatic carbocycles. The third kappa shape index (κ3) is 37.7. The van der Waals surface area contributed by atoms with Gasteiger partial charge in [0.1, 0.15) is 13.2 Å². The first-order chi connectivity index (χ1) is 24.4. The first-order valence-corrected chi connectivity index (χ1v) is 21.9. The van der Waals surface area contributed by atoms with E-state index in [-0.39, 0.29) is 31.1 Å². The summed E-state index contributed by atoms with van der Waals surface area (Å²) in [6.07, 6.45) is 36.7. The predicted molar refractivity (Wildman–Crippen MR) is 210 cm³/mol. The molecular formula is C44H84O6. The van der Waals surface area contributed by atoms with Gasteiger partial charge in [0.25, 0.3) is 0 Å². The van der Waals surface area contributed by atoms with Crippen LogP contribution < -0.4 is 0 Å². The molecule has 0 aromatic rings. The van der Waals surface area contributed by atoms with Gasteiger partial charge in [-0.1, -0.05) is 201 Å². The maximum Gasteiger partial charge on any atom is 0.306 e. The fraction of sp³-hybridized carbons (Fsp3) is 0.932. The maximum absolute atomic E-state index is 12.6. The molecule has 6 heteroatoms. The largest absolute Gasteiger partial charge is 0.462 e. The van der Waals surface area contributed by atoms with Crippen molar-refractivity contribution in [1.29, 1.82) is 0 Å². The Kier molecular flexibility index (Phi) is 37.4. The van der Waals surface area contributed by atoms with E-state index in [2.05, 4.69) is 27.7 Å². The lowest BCUT2D eigenvalue weighted by molar-refractivity contribution is -0.167. The summed E-state index contributed by atoms with van der Waals surface area (Å²) in [6.45, 7) is 8.94. The summed E-state index contributed by atoms with van der Waals surface area (Å²) >= 11 is 0. The second-order valence-corrected chi connectivity index (χ2v) is 15.5. The van der Waals surface area contributed by atoms with Gasteiger partial charge in [-0.15, -0.1) is 0 Å². The third-order valence-corrected chi connectivity index (χ3v) is 9.79. The predicted octanol–water partition coefficient (Wildman–Crippen LogP) is 13.6. The summed E-state index contributed by atoms with van der Waals surface area (Å²) in [4.78, 5) is 37.5. The molecular weight excluding hydrogens is 624 g/mol. The number of esters is 3. The average Bonchev–Trinajstić information content (AvgIpc) is 3.09. The van der Waals surface area contributed by atoms with E-state index >= 15 is 0 Å². The molecule has 0 saturated heterocycles. The van der Waals surface area contributed by atoms with Crippen LogP contribution in [0, 0.1) is 5.92 Å². The van der Waals surface area contributed by atoms with Crippen LogP contribution in [0.1, 0.15) is 240 Å². The Balaban J connectivity index is 4.24. The van der Waals surface area contributed by atoms with Crippen LogP contribution in [0.15, 0.2) is 0 Å². The smallest absolute Gasteiger partial charge is 0.306 e. The summed E-state index contributed by atoms with van der Waals surface area (Å²) in [5, 5.41) is 0. The molecule has 0 unspecified atom stereocenters. The van der Waals surface area contributed by atoms with Crippen molar-refractivity contribution in [2.45, 2.75) is 246 Å². The number of unbranched alkanes of at least 4 members (excludes halogenated alkanes) is 26. The van der Waals surface area contributed by atoms with Gasteiger partial charge in [0, 0.05) is 19.3 Å². The highest BCUT2D eigenvalue weighted by Gasteiger charge is 2.19. The van der Waals surface area contributed by atoms with Gasteiger partial charge in [-0.25, -0.2) is 0 Å². The standard InChI is InChI=1S/C44H84O6/c1-5-7-9-11-13-14-20-25-29-33-37-44(47)50-41(38-48-42(45)35-31-27-22-12-10-8-6-2)39-49-43(46)36-32-28-24-21-18-16-15-17-19-23-26-30-34-40(3)4/h40-41H,5-39H2,1-4H3/t41-/m1/s1. The Morgan fingerprint density at radius 1 is 0.380 bits per heavy atom. The van der Waals surface area contributed by atoms with Crippen LogP contribution in [0.2, 0.25) is 0 Å². The monoisotopic (exact) mass is 709 g/mol. The van der Waals surface area contributed by atoms with Gasteiger partial charge in [-0.05, 0) is 25.2 Å². The van der Waals surface area contributed by atoms with E-state index in [0.717, 1.165) is 63.7 Å². The number of carbonyl (C=O) groups is 3. The van der Waals surface area contributed by atoms with E-state index in [1.54, 1.807) is 0 Å². The molecule has 0 radical (unpaired) electrons. The quantitative estimate of drug-likeness (QED) is 0.0359. The van der Waals surface area contributed by atoms with E-state index in [4.69, 9.17) is 14.2 Å². The SMILES string of the molecule is CCCCCCCCCCCCC(=O)O[C@H](COC(=O)CCCCCCCCC)COC(=O)CCCCCCCCCCCCCCC(C)C. The topological polar surface area (TPSA) is 78.9 Å². The fourth-order valence-electron chi connectivity index (χ4n) is 6.45. The van der Waals surface area contributed by atoms with E-state index in [0.29, 0.717) is 19.3 Å². The molecule has 0 aliphatic rings. The second kappa shape index (κ2) is 38.6. The normalized spacial score (nSPS) is 11.9. The summed E-state index contributed by atoms with van der Waals surface area (Å²) in [5.41, 5.74) is 0. The zero-order chi connectivity index (χ0) is 36.8. The molecule has 0 aromatic heterocycles. The van der Waals surface area contributed by atoms with Crippen molar-refractivity contribution < 1.29 is 28.6 Å². The van der Waals surface area contributed by atoms with Crippen LogP contribution >= 0.6 is 0 Å². The maximum atomic E-state index is 12.6. The van der Waals surface area contributed by atoms with E-state index in [1.165, 1.54) is 135 Å². The van der Waals surface area contributed by atoms with Crippen molar-refractivity contribution in [2.24, 2.45) is 5.92 Å². The first-order valence-electron chi connectivity index (χ1n) is 21.9. The Hall–Kier alpha value is -1.59. The van der Waals surface area contributed by atoms with Gasteiger partial charge in [0.15, 0.2) is 6.10 Å². The van der Waals surface area contributed by atoms with Crippen LogP contribution in [0.5, 0.6) is 0 Å². The fourth-order valence-corrected chi connectivity index (χ4v) is 6.45. The van der Waals surface area contributed by atoms with Gasteiger partial charge in [0.2, 0.25) is 0 Å². The summed E-state index contributed by atoms with van der Waals surface area (Å²) in [7, 11) is 0. The molecule has 296 valence electrons. The van der Waals surface area contributed by atoms with Gasteiger partial charge in [0.05, 0.1) is 0 Å². The molecule has 0 aliphatic carbocycles. The Morgan fingerprint density at radius 3 is 0.980 bits per heavy atom. The molecule has 6 nitrogen and oxygen atoms in total. The zero-order valence-corrected chi connectivity index (χ0v) is 33.9. The Bertz CT molecular complexity index is 751. The minimum absolute atomic E-state index is 0.0644. The van der Waals surface area contributed by atoms with Crippen molar-refractivity contribution in [2.75, 3.05) is 13.2 Å². The molecule has 0 N–H and O–H groups in total. The molecule has 1 atom stereocenters. The summed E-state index contributed by atoms with van der Waals surface area (Å²) < 4.78 is 16.6. The lowest BCUT2D eigenvalue weighted by Crippen LogP contribution is -2.30. The number of hydrogen-bond donors (Lipinski definition) is 0. The summed E-state index contributed by atoms with van der Waals surface area (Å²) in [5.74, 6) is -0.0304. The highest BCUT2D eigenvalue weighted by atomic mass is 16.6. The Morgan fingerprint density at radius 2 is 0.660 bits per heavy atom. The second-order valence-electron chi connectivity index (χ2n) is 15.5. The van der Waals surface area contributed by atoms with Crippen molar-refractivity contribution in [3.8, 4) is 0 Å². The highest BCUT2D eigenvalue weighted by molar-refractivity contribution is 5.71. The number of carbonyl (C=O) groups excluding carboxylic acids is 3. The van der Waals surface area contributed by atoms with Crippen LogP contribution in [0.4, 0.5) is 0 Å². The number of hydrogen-bond acceptors (Lipinski definition) is 6. The van der Waals surface area contributed by atoms with Gasteiger partial charge < -0.3 is 14.2 Å². The van der Waals surface area contributed by atoms with Crippen LogP contribution in [-0.4, -0.2) is 37.2 Å². The van der Waals surface area contributed by atoms with Crippen molar-refractivity contribution in [1.82, 2.24) is 0 Å². The van der Waals surface area contributed by atoms with Gasteiger partial charge in [-0.2, -0.15) is 0 Å². The zero-order valence-electron chi connectivity index (χ0n) is 33.9. The average molecular weight is 709 g/mol.